The Bertz CT molecular complexity index is 1650. The Hall–Kier alpha value is -3.33. The van der Waals surface area contributed by atoms with Gasteiger partial charge in [-0.2, -0.15) is 0 Å². The van der Waals surface area contributed by atoms with Gasteiger partial charge in [0, 0.05) is 12.8 Å². The van der Waals surface area contributed by atoms with E-state index in [1.165, 1.54) is 103 Å². The van der Waals surface area contributed by atoms with Crippen LogP contribution < -0.4 is 0 Å². The molecule has 0 aliphatic rings. The number of nitrogens with zero attached hydrogens (tertiary/aromatic N) is 1. The molecule has 0 saturated heterocycles. The molecule has 2 unspecified atom stereocenters. The minimum atomic E-state index is -4.39. The Morgan fingerprint density at radius 2 is 0.750 bits per heavy atom. The van der Waals surface area contributed by atoms with Crippen LogP contribution in [0.4, 0.5) is 0 Å². The third-order valence-corrected chi connectivity index (χ3v) is 13.8. The van der Waals surface area contributed by atoms with Crippen molar-refractivity contribution in [1.29, 1.82) is 0 Å². The van der Waals surface area contributed by atoms with E-state index in [2.05, 4.69) is 123 Å². The van der Waals surface area contributed by atoms with Crippen LogP contribution in [0.25, 0.3) is 0 Å². The minimum Gasteiger partial charge on any atom is -0.462 e. The van der Waals surface area contributed by atoms with Gasteiger partial charge in [0.25, 0.3) is 0 Å². The molecule has 0 radical (unpaired) electrons. The van der Waals surface area contributed by atoms with Gasteiger partial charge in [0.1, 0.15) is 19.8 Å². The average Bonchev–Trinajstić information content (AvgIpc) is 3.38. The Kier molecular flexibility index (Phi) is 53.9. The molecule has 0 heterocycles. The maximum atomic E-state index is 12.8. The van der Waals surface area contributed by atoms with Gasteiger partial charge in [-0.1, -0.05) is 239 Å². The number of phosphoric ester groups is 1. The number of phosphoric acid groups is 1. The average molecular weight is 1080 g/mol. The first kappa shape index (κ1) is 72.7. The molecule has 0 aromatic rings. The highest BCUT2D eigenvalue weighted by Gasteiger charge is 2.27. The number of unbranched alkanes of at least 4 members (excludes halogenated alkanes) is 23. The quantitative estimate of drug-likeness (QED) is 0.0211. The van der Waals surface area contributed by atoms with E-state index in [1.54, 1.807) is 0 Å². The van der Waals surface area contributed by atoms with Gasteiger partial charge in [0.2, 0.25) is 0 Å². The lowest BCUT2D eigenvalue weighted by molar-refractivity contribution is -0.870. The van der Waals surface area contributed by atoms with E-state index in [0.29, 0.717) is 17.4 Å². The topological polar surface area (TPSA) is 108 Å². The van der Waals surface area contributed by atoms with E-state index in [1.807, 2.05) is 21.1 Å². The summed E-state index contributed by atoms with van der Waals surface area (Å²) in [4.78, 5) is 35.7. The SMILES string of the molecule is CC/C=C\C/C=C\C/C=C\C/C=C\C/C=C\C/C=C\C/C=C\C/C=C\CCCCCCCCCCCCCCC(=O)OC(COC(=O)CCCCCCC/C=C\CCCCCCCC)COP(=O)(O)OCC[N+](C)(C)C. The van der Waals surface area contributed by atoms with Gasteiger partial charge >= 0.3 is 19.8 Å². The van der Waals surface area contributed by atoms with E-state index < -0.39 is 26.5 Å². The molecule has 10 heteroatoms. The number of allylic oxidation sites excluding steroid dienone is 18. The molecule has 0 aromatic carbocycles. The van der Waals surface area contributed by atoms with Crippen LogP contribution in [-0.2, 0) is 32.7 Å². The van der Waals surface area contributed by atoms with Gasteiger partial charge in [0.15, 0.2) is 6.10 Å². The number of ether oxygens (including phenoxy) is 2. The minimum absolute atomic E-state index is 0.0263. The predicted molar refractivity (Wildman–Crippen MR) is 325 cm³/mol. The van der Waals surface area contributed by atoms with Gasteiger partial charge in [-0.25, -0.2) is 4.57 Å². The maximum absolute atomic E-state index is 12.8. The molecule has 0 aromatic heterocycles. The number of carbonyl (C=O) groups excluding carboxylic acids is 2. The van der Waals surface area contributed by atoms with Gasteiger partial charge < -0.3 is 18.9 Å². The predicted octanol–water partition coefficient (Wildman–Crippen LogP) is 19.4. The first-order valence-corrected chi connectivity index (χ1v) is 32.1. The van der Waals surface area contributed by atoms with Crippen LogP contribution >= 0.6 is 7.82 Å². The normalized spacial score (nSPS) is 14.0. The number of quaternary nitrogens is 1. The first-order chi connectivity index (χ1) is 37.0. The highest BCUT2D eigenvalue weighted by atomic mass is 31.2. The smallest absolute Gasteiger partial charge is 0.462 e. The zero-order chi connectivity index (χ0) is 55.6. The van der Waals surface area contributed by atoms with Gasteiger partial charge in [0.05, 0.1) is 27.7 Å². The summed E-state index contributed by atoms with van der Waals surface area (Å²) >= 11 is 0. The van der Waals surface area contributed by atoms with Crippen molar-refractivity contribution in [3.63, 3.8) is 0 Å². The number of hydrogen-bond acceptors (Lipinski definition) is 7. The van der Waals surface area contributed by atoms with Crippen molar-refractivity contribution in [3.8, 4) is 0 Å². The molecule has 0 amide bonds. The second-order valence-corrected chi connectivity index (χ2v) is 22.8. The fourth-order valence-electron chi connectivity index (χ4n) is 8.08. The van der Waals surface area contributed by atoms with Gasteiger partial charge in [-0.3, -0.25) is 18.6 Å². The molecule has 1 N–H and O–H groups in total. The molecule has 0 aliphatic carbocycles. The summed E-state index contributed by atoms with van der Waals surface area (Å²) in [5.74, 6) is -0.811. The molecular formula is C66H115NO8P+. The largest absolute Gasteiger partial charge is 0.472 e. The monoisotopic (exact) mass is 1080 g/mol. The van der Waals surface area contributed by atoms with E-state index in [-0.39, 0.29) is 32.0 Å². The molecule has 0 bridgehead atoms. The Balaban J connectivity index is 4.08. The lowest BCUT2D eigenvalue weighted by Crippen LogP contribution is -2.37. The molecule has 9 nitrogen and oxygen atoms in total. The van der Waals surface area contributed by atoms with Crippen molar-refractivity contribution in [3.05, 3.63) is 109 Å². The third kappa shape index (κ3) is 59.9. The molecule has 0 spiro atoms. The van der Waals surface area contributed by atoms with Crippen LogP contribution in [0.2, 0.25) is 0 Å². The number of carbonyl (C=O) groups is 2. The number of hydrogen-bond donors (Lipinski definition) is 1. The molecule has 0 saturated carbocycles. The zero-order valence-electron chi connectivity index (χ0n) is 49.5. The second kappa shape index (κ2) is 56.4. The van der Waals surface area contributed by atoms with Gasteiger partial charge in [-0.15, -0.1) is 0 Å². The fourth-order valence-corrected chi connectivity index (χ4v) is 8.83. The molecule has 436 valence electrons. The number of esters is 2. The Morgan fingerprint density at radius 3 is 1.13 bits per heavy atom. The van der Waals surface area contributed by atoms with Crippen molar-refractivity contribution in [2.45, 2.75) is 251 Å². The summed E-state index contributed by atoms with van der Waals surface area (Å²) in [5, 5.41) is 0. The van der Waals surface area contributed by atoms with E-state index in [9.17, 15) is 19.0 Å². The highest BCUT2D eigenvalue weighted by molar-refractivity contribution is 7.47. The molecule has 0 fully saturated rings. The van der Waals surface area contributed by atoms with Crippen molar-refractivity contribution in [2.75, 3.05) is 47.5 Å². The van der Waals surface area contributed by atoms with Gasteiger partial charge in [-0.05, 0) is 103 Å². The summed E-state index contributed by atoms with van der Waals surface area (Å²) in [6, 6.07) is 0. The molecule has 0 rings (SSSR count). The molecule has 2 atom stereocenters. The highest BCUT2D eigenvalue weighted by Crippen LogP contribution is 2.43. The van der Waals surface area contributed by atoms with Crippen LogP contribution in [-0.4, -0.2) is 74.9 Å². The van der Waals surface area contributed by atoms with Crippen molar-refractivity contribution >= 4 is 19.8 Å². The lowest BCUT2D eigenvalue weighted by atomic mass is 10.0. The summed E-state index contributed by atoms with van der Waals surface area (Å²) < 4.78 is 34.5. The van der Waals surface area contributed by atoms with Crippen LogP contribution in [0.15, 0.2) is 109 Å². The lowest BCUT2D eigenvalue weighted by Gasteiger charge is -2.24. The maximum Gasteiger partial charge on any atom is 0.472 e. The summed E-state index contributed by atoms with van der Waals surface area (Å²) in [5.41, 5.74) is 0. The number of rotatable bonds is 55. The van der Waals surface area contributed by atoms with Crippen molar-refractivity contribution < 1.29 is 42.1 Å². The Labute approximate surface area is 467 Å². The summed E-state index contributed by atoms with van der Waals surface area (Å²) in [6.07, 6.45) is 78.8. The first-order valence-electron chi connectivity index (χ1n) is 30.6. The Morgan fingerprint density at radius 1 is 0.421 bits per heavy atom. The molecule has 76 heavy (non-hydrogen) atoms. The van der Waals surface area contributed by atoms with Crippen LogP contribution in [0.1, 0.15) is 245 Å². The standard InChI is InChI=1S/C66H114NO8P/c1-6-8-10-12-14-16-18-20-22-23-24-25-26-27-28-29-30-31-32-33-34-35-36-37-38-39-40-41-42-43-45-47-49-51-53-55-57-59-66(69)75-64(63-74-76(70,71)73-61-60-67(3,4)5)62-72-65(68)58-56-54-52-50-48-46-44-21-19-17-15-13-11-9-7-2/h8,10,14,16,20-22,24-25,27-28,30-31,33-34,36-37,44,64H,6-7,9,11-13,15,17-19,23,26,29,32,35,38-43,45-63H2,1-5H3/p+1/b10-8-,16-14-,22-20-,25-24-,28-27-,31-30-,34-33-,37-36-,44-21-. The molecular weight excluding hydrogens is 966 g/mol. The van der Waals surface area contributed by atoms with Crippen LogP contribution in [0, 0.1) is 0 Å². The van der Waals surface area contributed by atoms with Crippen LogP contribution in [0.3, 0.4) is 0 Å². The molecule has 0 aliphatic heterocycles. The second-order valence-electron chi connectivity index (χ2n) is 21.4. The van der Waals surface area contributed by atoms with Crippen molar-refractivity contribution in [2.24, 2.45) is 0 Å². The zero-order valence-corrected chi connectivity index (χ0v) is 50.3. The van der Waals surface area contributed by atoms with E-state index in [4.69, 9.17) is 18.5 Å². The van der Waals surface area contributed by atoms with E-state index in [0.717, 1.165) is 109 Å². The van der Waals surface area contributed by atoms with Crippen molar-refractivity contribution in [1.82, 2.24) is 0 Å². The van der Waals surface area contributed by atoms with Crippen LogP contribution in [0.5, 0.6) is 0 Å². The third-order valence-electron chi connectivity index (χ3n) is 12.8. The number of likely N-dealkylation sites (N-methyl/N-ethyl adjacent to an activating group) is 1. The fraction of sp³-hybridized carbons (Fsp3) is 0.697. The van der Waals surface area contributed by atoms with E-state index >= 15 is 0 Å². The summed E-state index contributed by atoms with van der Waals surface area (Å²) in [7, 11) is 1.46. The summed E-state index contributed by atoms with van der Waals surface area (Å²) in [6.45, 7) is 4.30.